The van der Waals surface area contributed by atoms with Gasteiger partial charge in [0.2, 0.25) is 0 Å². The highest BCUT2D eigenvalue weighted by Gasteiger charge is 2.46. The van der Waals surface area contributed by atoms with Crippen molar-refractivity contribution in [3.8, 4) is 17.2 Å². The summed E-state index contributed by atoms with van der Waals surface area (Å²) in [7, 11) is 0. The summed E-state index contributed by atoms with van der Waals surface area (Å²) >= 11 is 0. The molecule has 2 saturated heterocycles. The minimum atomic E-state index is -0.775. The highest BCUT2D eigenvalue weighted by atomic mass is 16.5. The molecule has 42 heavy (non-hydrogen) atoms. The Morgan fingerprint density at radius 1 is 1.00 bits per heavy atom. The van der Waals surface area contributed by atoms with Crippen LogP contribution in [0.2, 0.25) is 0 Å². The Morgan fingerprint density at radius 3 is 2.57 bits per heavy atom. The van der Waals surface area contributed by atoms with Gasteiger partial charge < -0.3 is 29.0 Å². The monoisotopic (exact) mass is 578 g/mol. The topological polar surface area (TPSA) is 97.8 Å². The molecule has 3 aliphatic heterocycles. The first-order chi connectivity index (χ1) is 20.4. The highest BCUT2D eigenvalue weighted by Crippen LogP contribution is 2.43. The number of hydrogen-bond donors (Lipinski definition) is 1. The van der Waals surface area contributed by atoms with E-state index in [2.05, 4.69) is 11.8 Å². The smallest absolute Gasteiger partial charge is 0.295 e. The number of hydrogen-bond acceptors (Lipinski definition) is 8. The molecule has 9 heteroatoms. The van der Waals surface area contributed by atoms with E-state index in [0.717, 1.165) is 43.7 Å². The summed E-state index contributed by atoms with van der Waals surface area (Å²) in [6, 6.07) is 10.2. The number of morpholine rings is 1. The number of nitrogens with zero attached hydrogens (tertiary/aromatic N) is 2. The second-order valence-electron chi connectivity index (χ2n) is 11.1. The number of benzene rings is 2. The van der Waals surface area contributed by atoms with Gasteiger partial charge in [-0.15, -0.1) is 0 Å². The quantitative estimate of drug-likeness (QED) is 0.167. The molecule has 3 aliphatic rings. The number of rotatable bonds is 12. The van der Waals surface area contributed by atoms with Crippen LogP contribution in [0.4, 0.5) is 0 Å². The molecule has 0 saturated carbocycles. The van der Waals surface area contributed by atoms with Crippen molar-refractivity contribution in [2.24, 2.45) is 0 Å². The van der Waals surface area contributed by atoms with Gasteiger partial charge in [0.15, 0.2) is 11.5 Å². The van der Waals surface area contributed by atoms with Gasteiger partial charge in [-0.3, -0.25) is 14.5 Å². The Labute approximate surface area is 248 Å². The minimum Gasteiger partial charge on any atom is -0.507 e. The van der Waals surface area contributed by atoms with Crippen LogP contribution in [0.5, 0.6) is 17.2 Å². The van der Waals surface area contributed by atoms with E-state index < -0.39 is 17.7 Å². The molecule has 2 fully saturated rings. The molecule has 1 N–H and O–H groups in total. The number of Topliss-reactive ketones (excluding diaryl/α,β-unsaturated/α-hetero) is 1. The lowest BCUT2D eigenvalue weighted by Crippen LogP contribution is -2.42. The second kappa shape index (κ2) is 13.6. The Bertz CT molecular complexity index is 1320. The predicted octanol–water partition coefficient (Wildman–Crippen LogP) is 4.73. The molecule has 1 amide bonds. The average molecular weight is 579 g/mol. The summed E-state index contributed by atoms with van der Waals surface area (Å²) in [6.45, 7) is 10.8. The van der Waals surface area contributed by atoms with Crippen molar-refractivity contribution in [2.45, 2.75) is 58.6 Å². The molecule has 0 radical (unpaired) electrons. The van der Waals surface area contributed by atoms with Crippen LogP contribution in [0.25, 0.3) is 5.76 Å². The molecule has 3 heterocycles. The van der Waals surface area contributed by atoms with Crippen LogP contribution in [-0.4, -0.2) is 85.3 Å². The molecular formula is C33H42N2O7. The molecule has 226 valence electrons. The first-order valence-electron chi connectivity index (χ1n) is 15.2. The van der Waals surface area contributed by atoms with E-state index in [9.17, 15) is 14.7 Å². The third-order valence-electron chi connectivity index (χ3n) is 8.06. The third-order valence-corrected chi connectivity index (χ3v) is 8.06. The number of aliphatic hydroxyl groups excluding tert-OH is 1. The van der Waals surface area contributed by atoms with Crippen LogP contribution < -0.4 is 14.2 Å². The van der Waals surface area contributed by atoms with E-state index in [4.69, 9.17) is 18.9 Å². The highest BCUT2D eigenvalue weighted by molar-refractivity contribution is 6.46. The fourth-order valence-electron chi connectivity index (χ4n) is 5.87. The summed E-state index contributed by atoms with van der Waals surface area (Å²) < 4.78 is 23.3. The van der Waals surface area contributed by atoms with Crippen molar-refractivity contribution < 1.29 is 33.6 Å². The fourth-order valence-corrected chi connectivity index (χ4v) is 5.87. The Hall–Kier alpha value is -3.56. The summed E-state index contributed by atoms with van der Waals surface area (Å²) in [4.78, 5) is 30.9. The number of amides is 1. The molecule has 2 atom stereocenters. The molecule has 2 aromatic carbocycles. The van der Waals surface area contributed by atoms with E-state index in [-0.39, 0.29) is 17.4 Å². The van der Waals surface area contributed by atoms with E-state index in [1.54, 1.807) is 11.0 Å². The van der Waals surface area contributed by atoms with Gasteiger partial charge in [0.1, 0.15) is 17.6 Å². The van der Waals surface area contributed by atoms with Crippen molar-refractivity contribution in [1.82, 2.24) is 9.80 Å². The van der Waals surface area contributed by atoms with Crippen LogP contribution in [-0.2, 0) is 20.7 Å². The number of fused-ring (bicyclic) bond motifs is 1. The SMILES string of the molecule is CCCCCOc1ccc(C2/C(=C(/O)c3ccc4c(c3)CC(C)O4)C(=O)C(=O)N2CCN2CCOCC2)cc1OCC. The normalized spacial score (nSPS) is 21.8. The zero-order valence-corrected chi connectivity index (χ0v) is 24.9. The van der Waals surface area contributed by atoms with Crippen molar-refractivity contribution in [3.05, 3.63) is 58.7 Å². The summed E-state index contributed by atoms with van der Waals surface area (Å²) in [5.41, 5.74) is 2.21. The van der Waals surface area contributed by atoms with Gasteiger partial charge in [0.05, 0.1) is 38.0 Å². The van der Waals surface area contributed by atoms with Crippen LogP contribution in [0.15, 0.2) is 42.0 Å². The molecule has 0 aliphatic carbocycles. The first kappa shape index (κ1) is 29.9. The first-order valence-corrected chi connectivity index (χ1v) is 15.2. The largest absolute Gasteiger partial charge is 0.507 e. The van der Waals surface area contributed by atoms with Crippen molar-refractivity contribution in [1.29, 1.82) is 0 Å². The number of carbonyl (C=O) groups excluding carboxylic acids is 2. The number of ether oxygens (including phenoxy) is 4. The number of ketones is 1. The van der Waals surface area contributed by atoms with Crippen molar-refractivity contribution in [2.75, 3.05) is 52.6 Å². The fraction of sp³-hybridized carbons (Fsp3) is 0.515. The van der Waals surface area contributed by atoms with Crippen molar-refractivity contribution in [3.63, 3.8) is 0 Å². The zero-order chi connectivity index (χ0) is 29.6. The lowest BCUT2D eigenvalue weighted by molar-refractivity contribution is -0.140. The standard InChI is InChI=1S/C33H42N2O7/c1-4-6-7-16-41-27-11-8-23(21-28(27)40-5-2)30-29(31(36)24-9-10-26-25(20-24)19-22(3)42-26)32(37)33(38)35(30)13-12-34-14-17-39-18-15-34/h8-11,20-22,30,36H,4-7,12-19H2,1-3H3/b31-29-. The van der Waals surface area contributed by atoms with Gasteiger partial charge in [0.25, 0.3) is 11.7 Å². The van der Waals surface area contributed by atoms with Gasteiger partial charge in [0, 0.05) is 38.2 Å². The van der Waals surface area contributed by atoms with Crippen LogP contribution in [0, 0.1) is 0 Å². The minimum absolute atomic E-state index is 0.0443. The lowest BCUT2D eigenvalue weighted by atomic mass is 9.94. The molecular weight excluding hydrogens is 536 g/mol. The van der Waals surface area contributed by atoms with E-state index in [1.165, 1.54) is 0 Å². The number of carbonyl (C=O) groups is 2. The number of likely N-dealkylation sites (tertiary alicyclic amines) is 1. The molecule has 0 spiro atoms. The summed E-state index contributed by atoms with van der Waals surface area (Å²) in [5, 5.41) is 11.6. The van der Waals surface area contributed by atoms with Crippen LogP contribution >= 0.6 is 0 Å². The van der Waals surface area contributed by atoms with Crippen molar-refractivity contribution >= 4 is 17.4 Å². The van der Waals surface area contributed by atoms with E-state index >= 15 is 0 Å². The number of aliphatic hydroxyl groups is 1. The lowest BCUT2D eigenvalue weighted by Gasteiger charge is -2.31. The van der Waals surface area contributed by atoms with E-state index in [0.29, 0.717) is 68.6 Å². The van der Waals surface area contributed by atoms with Gasteiger partial charge in [-0.05, 0) is 61.7 Å². The maximum absolute atomic E-state index is 13.6. The molecule has 2 unspecified atom stereocenters. The maximum atomic E-state index is 13.6. The molecule has 2 aromatic rings. The predicted molar refractivity (Wildman–Crippen MR) is 159 cm³/mol. The zero-order valence-electron chi connectivity index (χ0n) is 24.9. The molecule has 0 aromatic heterocycles. The van der Waals surface area contributed by atoms with Gasteiger partial charge in [-0.2, -0.15) is 0 Å². The van der Waals surface area contributed by atoms with Gasteiger partial charge >= 0.3 is 0 Å². The Kier molecular flexibility index (Phi) is 9.69. The Morgan fingerprint density at radius 2 is 1.81 bits per heavy atom. The number of unbranched alkanes of at least 4 members (excludes halogenated alkanes) is 2. The van der Waals surface area contributed by atoms with E-state index in [1.807, 2.05) is 44.2 Å². The van der Waals surface area contributed by atoms with Gasteiger partial charge in [-0.1, -0.05) is 25.8 Å². The summed E-state index contributed by atoms with van der Waals surface area (Å²) in [6.07, 6.45) is 3.87. The Balaban J connectivity index is 1.53. The van der Waals surface area contributed by atoms with Gasteiger partial charge in [-0.25, -0.2) is 0 Å². The molecule has 0 bridgehead atoms. The summed E-state index contributed by atoms with van der Waals surface area (Å²) in [5.74, 6) is 0.446. The molecule has 5 rings (SSSR count). The second-order valence-corrected chi connectivity index (χ2v) is 11.1. The van der Waals surface area contributed by atoms with Crippen LogP contribution in [0.1, 0.15) is 62.8 Å². The maximum Gasteiger partial charge on any atom is 0.295 e. The average Bonchev–Trinajstić information content (AvgIpc) is 3.50. The molecule has 9 nitrogen and oxygen atoms in total. The third kappa shape index (κ3) is 6.42. The van der Waals surface area contributed by atoms with Crippen LogP contribution in [0.3, 0.4) is 0 Å².